The number of hydrogen-bond donors (Lipinski definition) is 1. The number of carbonyl (C=O) groups excluding carboxylic acids is 1. The Bertz CT molecular complexity index is 1270. The molecule has 0 saturated heterocycles. The first-order chi connectivity index (χ1) is 16.5. The van der Waals surface area contributed by atoms with E-state index in [-0.39, 0.29) is 23.9 Å². The number of nitrogens with zero attached hydrogens (tertiary/aromatic N) is 2. The molecule has 0 bridgehead atoms. The molecule has 0 saturated carbocycles. The van der Waals surface area contributed by atoms with Gasteiger partial charge in [-0.3, -0.25) is 9.59 Å². The van der Waals surface area contributed by atoms with E-state index in [1.54, 1.807) is 6.07 Å². The predicted molar refractivity (Wildman–Crippen MR) is 136 cm³/mol. The van der Waals surface area contributed by atoms with Gasteiger partial charge in [-0.15, -0.1) is 0 Å². The maximum absolute atomic E-state index is 12.7. The summed E-state index contributed by atoms with van der Waals surface area (Å²) in [5.41, 5.74) is 5.95. The monoisotopic (exact) mass is 451 g/mol. The lowest BCUT2D eigenvalue weighted by atomic mass is 9.88. The van der Waals surface area contributed by atoms with Crippen molar-refractivity contribution in [2.45, 2.75) is 32.7 Å². The highest BCUT2D eigenvalue weighted by molar-refractivity contribution is 5.75. The summed E-state index contributed by atoms with van der Waals surface area (Å²) < 4.78 is 1.23. The maximum Gasteiger partial charge on any atom is 0.267 e. The molecule has 34 heavy (non-hydrogen) atoms. The van der Waals surface area contributed by atoms with Crippen molar-refractivity contribution in [3.05, 3.63) is 124 Å². The van der Waals surface area contributed by atoms with Crippen molar-refractivity contribution in [3.8, 4) is 11.3 Å². The quantitative estimate of drug-likeness (QED) is 0.416. The van der Waals surface area contributed by atoms with E-state index >= 15 is 0 Å². The van der Waals surface area contributed by atoms with Crippen LogP contribution >= 0.6 is 0 Å². The van der Waals surface area contributed by atoms with Crippen molar-refractivity contribution in [1.29, 1.82) is 0 Å². The third-order valence-corrected chi connectivity index (χ3v) is 5.99. The van der Waals surface area contributed by atoms with Gasteiger partial charge in [-0.1, -0.05) is 78.4 Å². The molecule has 0 aliphatic rings. The average molecular weight is 452 g/mol. The van der Waals surface area contributed by atoms with E-state index < -0.39 is 0 Å². The molecule has 0 fully saturated rings. The fraction of sp³-hybridized carbons (Fsp3) is 0.207. The zero-order valence-electron chi connectivity index (χ0n) is 19.6. The molecular weight excluding hydrogens is 422 g/mol. The lowest BCUT2D eigenvalue weighted by Gasteiger charge is -2.18. The molecule has 172 valence electrons. The SMILES string of the molecule is Cc1ccc(C)c(-c2ccc(=O)n(CC(=O)NCCC(c3ccccc3)c3ccccc3)n2)c1. The minimum Gasteiger partial charge on any atom is -0.354 e. The van der Waals surface area contributed by atoms with Crippen LogP contribution < -0.4 is 10.9 Å². The number of carbonyl (C=O) groups is 1. The Hall–Kier alpha value is -3.99. The first-order valence-electron chi connectivity index (χ1n) is 11.5. The molecule has 4 rings (SSSR count). The van der Waals surface area contributed by atoms with Gasteiger partial charge in [0.05, 0.1) is 5.69 Å². The molecule has 0 atom stereocenters. The van der Waals surface area contributed by atoms with Gasteiger partial charge in [0.25, 0.3) is 5.56 Å². The van der Waals surface area contributed by atoms with Gasteiger partial charge >= 0.3 is 0 Å². The average Bonchev–Trinajstić information content (AvgIpc) is 2.86. The molecule has 3 aromatic carbocycles. The fourth-order valence-corrected chi connectivity index (χ4v) is 4.16. The van der Waals surface area contributed by atoms with Gasteiger partial charge in [0, 0.05) is 24.1 Å². The van der Waals surface area contributed by atoms with Crippen molar-refractivity contribution < 1.29 is 4.79 Å². The minimum absolute atomic E-state index is 0.112. The molecule has 0 radical (unpaired) electrons. The van der Waals surface area contributed by atoms with Crippen molar-refractivity contribution >= 4 is 5.91 Å². The number of amides is 1. The summed E-state index contributed by atoms with van der Waals surface area (Å²) in [5, 5.41) is 7.44. The van der Waals surface area contributed by atoms with Crippen LogP contribution in [0.2, 0.25) is 0 Å². The number of rotatable bonds is 8. The van der Waals surface area contributed by atoms with Gasteiger partial charge in [0.15, 0.2) is 0 Å². The van der Waals surface area contributed by atoms with E-state index in [9.17, 15) is 9.59 Å². The molecule has 5 nitrogen and oxygen atoms in total. The van der Waals surface area contributed by atoms with Crippen LogP contribution in [-0.4, -0.2) is 22.2 Å². The van der Waals surface area contributed by atoms with E-state index in [0.29, 0.717) is 12.2 Å². The first-order valence-corrected chi connectivity index (χ1v) is 11.5. The number of benzene rings is 3. The summed E-state index contributed by atoms with van der Waals surface area (Å²) in [4.78, 5) is 25.0. The number of aryl methyl sites for hydroxylation is 2. The Balaban J connectivity index is 1.44. The maximum atomic E-state index is 12.7. The molecule has 0 aliphatic heterocycles. The van der Waals surface area contributed by atoms with E-state index in [1.165, 1.54) is 21.9 Å². The first kappa shape index (κ1) is 23.2. The summed E-state index contributed by atoms with van der Waals surface area (Å²) in [6, 6.07) is 29.9. The second-order valence-electron chi connectivity index (χ2n) is 8.55. The van der Waals surface area contributed by atoms with Crippen LogP contribution in [0.4, 0.5) is 0 Å². The lowest BCUT2D eigenvalue weighted by Crippen LogP contribution is -2.34. The number of nitrogens with one attached hydrogen (secondary N) is 1. The van der Waals surface area contributed by atoms with E-state index in [1.807, 2.05) is 68.4 Å². The number of hydrogen-bond acceptors (Lipinski definition) is 3. The van der Waals surface area contributed by atoms with Gasteiger partial charge in [-0.2, -0.15) is 5.10 Å². The second-order valence-corrected chi connectivity index (χ2v) is 8.55. The van der Waals surface area contributed by atoms with Crippen LogP contribution in [0.5, 0.6) is 0 Å². The zero-order valence-corrected chi connectivity index (χ0v) is 19.6. The molecule has 1 heterocycles. The van der Waals surface area contributed by atoms with Crippen LogP contribution in [0.1, 0.15) is 34.6 Å². The summed E-state index contributed by atoms with van der Waals surface area (Å²) in [7, 11) is 0. The molecule has 0 spiro atoms. The Kier molecular flexibility index (Phi) is 7.33. The molecular formula is C29H29N3O2. The molecule has 1 amide bonds. The van der Waals surface area contributed by atoms with Crippen molar-refractivity contribution in [2.75, 3.05) is 6.54 Å². The highest BCUT2D eigenvalue weighted by Crippen LogP contribution is 2.27. The van der Waals surface area contributed by atoms with Crippen molar-refractivity contribution in [2.24, 2.45) is 0 Å². The minimum atomic E-state index is -0.296. The molecule has 5 heteroatoms. The van der Waals surface area contributed by atoms with E-state index in [4.69, 9.17) is 0 Å². The second kappa shape index (κ2) is 10.8. The Morgan fingerprint density at radius 3 is 2.18 bits per heavy atom. The molecule has 1 N–H and O–H groups in total. The topological polar surface area (TPSA) is 64.0 Å². The zero-order chi connectivity index (χ0) is 23.9. The van der Waals surface area contributed by atoms with Gasteiger partial charge in [-0.25, -0.2) is 4.68 Å². The van der Waals surface area contributed by atoms with Gasteiger partial charge in [0.1, 0.15) is 6.54 Å². The molecule has 0 unspecified atom stereocenters. The Morgan fingerprint density at radius 2 is 1.53 bits per heavy atom. The molecule has 1 aromatic heterocycles. The van der Waals surface area contributed by atoms with Gasteiger partial charge in [-0.05, 0) is 49.1 Å². The summed E-state index contributed by atoms with van der Waals surface area (Å²) >= 11 is 0. The normalized spacial score (nSPS) is 10.9. The highest BCUT2D eigenvalue weighted by Gasteiger charge is 2.15. The van der Waals surface area contributed by atoms with Gasteiger partial charge < -0.3 is 5.32 Å². The summed E-state index contributed by atoms with van der Waals surface area (Å²) in [6.07, 6.45) is 0.755. The third kappa shape index (κ3) is 5.67. The van der Waals surface area contributed by atoms with Gasteiger partial charge in [0.2, 0.25) is 5.91 Å². The Morgan fingerprint density at radius 1 is 0.882 bits per heavy atom. The van der Waals surface area contributed by atoms with E-state index in [0.717, 1.165) is 23.1 Å². The fourth-order valence-electron chi connectivity index (χ4n) is 4.16. The molecule has 0 aliphatic carbocycles. The Labute approximate surface area is 200 Å². The summed E-state index contributed by atoms with van der Waals surface area (Å²) in [5.74, 6) is -0.0521. The molecule has 4 aromatic rings. The predicted octanol–water partition coefficient (Wildman–Crippen LogP) is 4.87. The van der Waals surface area contributed by atoms with Crippen LogP contribution in [0.15, 0.2) is 95.8 Å². The van der Waals surface area contributed by atoms with Crippen LogP contribution in [0, 0.1) is 13.8 Å². The standard InChI is InChI=1S/C29H29N3O2/c1-21-13-14-22(2)26(19-21)27-15-16-29(34)32(31-27)20-28(33)30-18-17-25(23-9-5-3-6-10-23)24-11-7-4-8-12-24/h3-16,19,25H,17-18,20H2,1-2H3,(H,30,33). The van der Waals surface area contributed by atoms with E-state index in [2.05, 4.69) is 34.7 Å². The van der Waals surface area contributed by atoms with Crippen LogP contribution in [0.3, 0.4) is 0 Å². The lowest BCUT2D eigenvalue weighted by molar-refractivity contribution is -0.121. The van der Waals surface area contributed by atoms with Crippen molar-refractivity contribution in [3.63, 3.8) is 0 Å². The largest absolute Gasteiger partial charge is 0.354 e. The van der Waals surface area contributed by atoms with Crippen molar-refractivity contribution in [1.82, 2.24) is 15.1 Å². The highest BCUT2D eigenvalue weighted by atomic mass is 16.2. The van der Waals surface area contributed by atoms with Crippen LogP contribution in [0.25, 0.3) is 11.3 Å². The summed E-state index contributed by atoms with van der Waals surface area (Å²) in [6.45, 7) is 4.41. The smallest absolute Gasteiger partial charge is 0.267 e. The van der Waals surface area contributed by atoms with Crippen LogP contribution in [-0.2, 0) is 11.3 Å². The third-order valence-electron chi connectivity index (χ3n) is 5.99. The number of aromatic nitrogens is 2.